The van der Waals surface area contributed by atoms with Crippen LogP contribution in [0.4, 0.5) is 0 Å². The summed E-state index contributed by atoms with van der Waals surface area (Å²) in [5, 5.41) is 21.6. The molecule has 0 aromatic heterocycles. The molecule has 0 saturated heterocycles. The molecule has 0 bridgehead atoms. The van der Waals surface area contributed by atoms with E-state index in [1.807, 2.05) is 0 Å². The summed E-state index contributed by atoms with van der Waals surface area (Å²) >= 11 is 0. The number of fused-ring (bicyclic) bond motifs is 1. The van der Waals surface area contributed by atoms with E-state index in [4.69, 9.17) is 9.84 Å². The summed E-state index contributed by atoms with van der Waals surface area (Å²) in [5.41, 5.74) is -0.222. The van der Waals surface area contributed by atoms with Crippen LogP contribution in [0.25, 0.3) is 10.8 Å². The third-order valence-electron chi connectivity index (χ3n) is 2.38. The van der Waals surface area contributed by atoms with E-state index in [1.54, 1.807) is 18.2 Å². The van der Waals surface area contributed by atoms with Crippen LogP contribution in [0, 0.1) is 0 Å². The lowest BCUT2D eigenvalue weighted by Gasteiger charge is -2.12. The zero-order valence-electron chi connectivity index (χ0n) is 8.56. The Bertz CT molecular complexity index is 560. The number of carboxylic acids is 1. The van der Waals surface area contributed by atoms with Crippen LogP contribution in [0.15, 0.2) is 30.3 Å². The highest BCUT2D eigenvalue weighted by molar-refractivity contribution is 5.97. The molecule has 2 aromatic rings. The van der Waals surface area contributed by atoms with Gasteiger partial charge in [0.15, 0.2) is 0 Å². The molecule has 0 aliphatic rings. The van der Waals surface area contributed by atoms with Crippen LogP contribution in [-0.2, 0) is 0 Å². The Balaban J connectivity index is 2.70. The Kier molecular flexibility index (Phi) is 2.40. The smallest absolute Gasteiger partial charge is 0.335 e. The van der Waals surface area contributed by atoms with E-state index in [9.17, 15) is 9.90 Å². The second kappa shape index (κ2) is 3.73. The van der Waals surface area contributed by atoms with Crippen LogP contribution in [0.3, 0.4) is 0 Å². The van der Waals surface area contributed by atoms with Gasteiger partial charge in [0.25, 0.3) is 0 Å². The van der Waals surface area contributed by atoms with Crippen molar-refractivity contribution < 1.29 is 19.7 Å². The molecule has 0 amide bonds. The standard InChI is InChI=1S/C12H10O4/c1-16-9-3-2-7-6-11(13)10(12(14)15)5-8(7)4-9/h2-6,13H,1H3,(H,14,15)/p-1. The van der Waals surface area contributed by atoms with E-state index in [0.29, 0.717) is 16.5 Å². The third-order valence-corrected chi connectivity index (χ3v) is 2.38. The van der Waals surface area contributed by atoms with Crippen molar-refractivity contribution in [3.8, 4) is 11.5 Å². The van der Waals surface area contributed by atoms with Crippen molar-refractivity contribution in [2.45, 2.75) is 0 Å². The average molecular weight is 217 g/mol. The van der Waals surface area contributed by atoms with Crippen molar-refractivity contribution in [1.82, 2.24) is 0 Å². The Labute approximate surface area is 91.7 Å². The van der Waals surface area contributed by atoms with Crippen molar-refractivity contribution in [2.24, 2.45) is 0 Å². The van der Waals surface area contributed by atoms with Gasteiger partial charge in [-0.3, -0.25) is 0 Å². The Hall–Kier alpha value is -2.23. The molecular weight excluding hydrogens is 208 g/mol. The molecule has 0 spiro atoms. The van der Waals surface area contributed by atoms with Gasteiger partial charge in [-0.1, -0.05) is 17.9 Å². The molecule has 0 aliphatic heterocycles. The fraction of sp³-hybridized carbons (Fsp3) is 0.0833. The first-order valence-corrected chi connectivity index (χ1v) is 4.64. The van der Waals surface area contributed by atoms with Gasteiger partial charge < -0.3 is 14.9 Å². The number of carboxylic acid groups (broad SMARTS) is 1. The van der Waals surface area contributed by atoms with Gasteiger partial charge in [0, 0.05) is 0 Å². The summed E-state index contributed by atoms with van der Waals surface area (Å²) in [6, 6.07) is 7.82. The first-order chi connectivity index (χ1) is 7.61. The van der Waals surface area contributed by atoms with Crippen LogP contribution in [0.1, 0.15) is 10.4 Å². The predicted octanol–water partition coefficient (Wildman–Crippen LogP) is 1.62. The highest BCUT2D eigenvalue weighted by atomic mass is 16.5. The Morgan fingerprint density at radius 1 is 1.25 bits per heavy atom. The second-order valence-electron chi connectivity index (χ2n) is 3.37. The monoisotopic (exact) mass is 217 g/mol. The molecule has 4 heteroatoms. The van der Waals surface area contributed by atoms with Crippen molar-refractivity contribution in [3.05, 3.63) is 35.9 Å². The van der Waals surface area contributed by atoms with Gasteiger partial charge in [-0.05, 0) is 29.0 Å². The van der Waals surface area contributed by atoms with E-state index in [-0.39, 0.29) is 5.56 Å². The molecule has 1 N–H and O–H groups in total. The first kappa shape index (κ1) is 10.3. The van der Waals surface area contributed by atoms with Crippen molar-refractivity contribution in [2.75, 3.05) is 7.11 Å². The molecule has 0 unspecified atom stereocenters. The molecule has 4 nitrogen and oxygen atoms in total. The van der Waals surface area contributed by atoms with Crippen molar-refractivity contribution in [3.63, 3.8) is 0 Å². The molecule has 0 fully saturated rings. The van der Waals surface area contributed by atoms with E-state index in [0.717, 1.165) is 0 Å². The van der Waals surface area contributed by atoms with Gasteiger partial charge in [0.05, 0.1) is 12.7 Å². The number of hydrogen-bond donors (Lipinski definition) is 1. The number of ether oxygens (including phenoxy) is 1. The number of rotatable bonds is 2. The molecule has 82 valence electrons. The van der Waals surface area contributed by atoms with Gasteiger partial charge >= 0.3 is 5.97 Å². The summed E-state index contributed by atoms with van der Waals surface area (Å²) in [4.78, 5) is 10.8. The summed E-state index contributed by atoms with van der Waals surface area (Å²) in [5.74, 6) is -1.07. The van der Waals surface area contributed by atoms with Crippen molar-refractivity contribution >= 4 is 16.7 Å². The largest absolute Gasteiger partial charge is 0.872 e. The maximum atomic E-state index is 11.4. The summed E-state index contributed by atoms with van der Waals surface area (Å²) < 4.78 is 5.03. The minimum absolute atomic E-state index is 0.222. The number of methoxy groups -OCH3 is 1. The molecule has 16 heavy (non-hydrogen) atoms. The molecular formula is C12H9O4-. The van der Waals surface area contributed by atoms with Crippen LogP contribution in [0.5, 0.6) is 11.5 Å². The average Bonchev–Trinajstić information content (AvgIpc) is 2.27. The van der Waals surface area contributed by atoms with E-state index in [1.165, 1.54) is 19.2 Å². The summed E-state index contributed by atoms with van der Waals surface area (Å²) in [7, 11) is 1.53. The molecule has 0 atom stereocenters. The van der Waals surface area contributed by atoms with Crippen LogP contribution in [-0.4, -0.2) is 18.2 Å². The maximum Gasteiger partial charge on any atom is 0.335 e. The molecule has 0 heterocycles. The van der Waals surface area contributed by atoms with Crippen LogP contribution in [0.2, 0.25) is 0 Å². The molecule has 2 rings (SSSR count). The minimum Gasteiger partial charge on any atom is -0.872 e. The minimum atomic E-state index is -1.21. The first-order valence-electron chi connectivity index (χ1n) is 4.64. The fourth-order valence-electron chi connectivity index (χ4n) is 1.55. The summed E-state index contributed by atoms with van der Waals surface area (Å²) in [6.45, 7) is 0. The predicted molar refractivity (Wildman–Crippen MR) is 56.9 cm³/mol. The van der Waals surface area contributed by atoms with Gasteiger partial charge in [0.1, 0.15) is 5.75 Å². The van der Waals surface area contributed by atoms with Gasteiger partial charge in [-0.2, -0.15) is 0 Å². The highest BCUT2D eigenvalue weighted by Gasteiger charge is 2.06. The zero-order chi connectivity index (χ0) is 11.7. The lowest BCUT2D eigenvalue weighted by Crippen LogP contribution is -2.03. The Morgan fingerprint density at radius 3 is 2.62 bits per heavy atom. The summed E-state index contributed by atoms with van der Waals surface area (Å²) in [6.07, 6.45) is 0. The van der Waals surface area contributed by atoms with Crippen LogP contribution >= 0.6 is 0 Å². The molecule has 0 radical (unpaired) electrons. The topological polar surface area (TPSA) is 69.6 Å². The second-order valence-corrected chi connectivity index (χ2v) is 3.37. The van der Waals surface area contributed by atoms with Gasteiger partial charge in [-0.25, -0.2) is 4.79 Å². The van der Waals surface area contributed by atoms with Gasteiger partial charge in [0.2, 0.25) is 0 Å². The number of benzene rings is 2. The van der Waals surface area contributed by atoms with Crippen LogP contribution < -0.4 is 9.84 Å². The fourth-order valence-corrected chi connectivity index (χ4v) is 1.55. The van der Waals surface area contributed by atoms with E-state index >= 15 is 0 Å². The van der Waals surface area contributed by atoms with E-state index in [2.05, 4.69) is 0 Å². The quantitative estimate of drug-likeness (QED) is 0.829. The number of hydrogen-bond acceptors (Lipinski definition) is 3. The molecule has 0 aliphatic carbocycles. The lowest BCUT2D eigenvalue weighted by molar-refractivity contribution is -0.268. The third kappa shape index (κ3) is 1.65. The SMILES string of the molecule is COc1ccc2cc([O-])c(C(=O)O)cc2c1. The molecule has 2 aromatic carbocycles. The number of aromatic carboxylic acids is 1. The number of carbonyl (C=O) groups is 1. The Morgan fingerprint density at radius 2 is 2.00 bits per heavy atom. The normalized spacial score (nSPS) is 10.3. The van der Waals surface area contributed by atoms with Crippen molar-refractivity contribution in [1.29, 1.82) is 0 Å². The maximum absolute atomic E-state index is 11.4. The zero-order valence-corrected chi connectivity index (χ0v) is 8.56. The van der Waals surface area contributed by atoms with E-state index < -0.39 is 11.7 Å². The van der Waals surface area contributed by atoms with Gasteiger partial charge in [-0.15, -0.1) is 0 Å². The highest BCUT2D eigenvalue weighted by Crippen LogP contribution is 2.26. The molecule has 0 saturated carbocycles. The lowest BCUT2D eigenvalue weighted by atomic mass is 10.1.